The van der Waals surface area contributed by atoms with Gasteiger partial charge in [-0.25, -0.2) is 4.98 Å². The summed E-state index contributed by atoms with van der Waals surface area (Å²) in [7, 11) is 0. The van der Waals surface area contributed by atoms with E-state index in [2.05, 4.69) is 66.6 Å². The molecule has 196 valence electrons. The van der Waals surface area contributed by atoms with Gasteiger partial charge < -0.3 is 15.5 Å². The summed E-state index contributed by atoms with van der Waals surface area (Å²) in [6.45, 7) is 10.7. The summed E-state index contributed by atoms with van der Waals surface area (Å²) in [5.41, 5.74) is 2.38. The molecular formula is C30H44N4OS. The number of carbonyl (C=O) groups excluding carboxylic acids is 1. The minimum Gasteiger partial charge on any atom is -0.339 e. The largest absolute Gasteiger partial charge is 0.339 e. The molecule has 4 unspecified atom stereocenters. The first-order valence-electron chi connectivity index (χ1n) is 14.2. The highest BCUT2D eigenvalue weighted by atomic mass is 32.1. The number of rotatable bonds is 7. The lowest BCUT2D eigenvalue weighted by Gasteiger charge is -2.46. The first-order chi connectivity index (χ1) is 17.5. The molecule has 3 fully saturated rings. The Hall–Kier alpha value is -1.76. The van der Waals surface area contributed by atoms with E-state index in [1.807, 2.05) is 0 Å². The molecule has 0 bridgehead atoms. The molecule has 1 aromatic heterocycles. The fourth-order valence-corrected chi connectivity index (χ4v) is 8.30. The summed E-state index contributed by atoms with van der Waals surface area (Å²) >= 11 is 1.79. The maximum absolute atomic E-state index is 14.5. The molecule has 1 amide bonds. The SMILES string of the molecule is CCNCc1nc(C)sc1C1(C)CNCC1C(=O)N1CCC(c2ccccc2)CC1C1CCCCC1. The predicted octanol–water partition coefficient (Wildman–Crippen LogP) is 5.39. The van der Waals surface area contributed by atoms with Crippen LogP contribution in [0.2, 0.25) is 0 Å². The Bertz CT molecular complexity index is 1020. The molecule has 0 spiro atoms. The summed E-state index contributed by atoms with van der Waals surface area (Å²) in [6, 6.07) is 11.4. The highest BCUT2D eigenvalue weighted by Crippen LogP contribution is 2.44. The van der Waals surface area contributed by atoms with Gasteiger partial charge in [0.15, 0.2) is 0 Å². The number of aryl methyl sites for hydroxylation is 1. The lowest BCUT2D eigenvalue weighted by Crippen LogP contribution is -2.54. The Morgan fingerprint density at radius 3 is 2.72 bits per heavy atom. The van der Waals surface area contributed by atoms with Crippen molar-refractivity contribution in [2.75, 3.05) is 26.2 Å². The quantitative estimate of drug-likeness (QED) is 0.526. The number of piperidine rings is 1. The van der Waals surface area contributed by atoms with Crippen molar-refractivity contribution >= 4 is 17.2 Å². The molecule has 1 saturated carbocycles. The number of aromatic nitrogens is 1. The Morgan fingerprint density at radius 2 is 1.97 bits per heavy atom. The van der Waals surface area contributed by atoms with Crippen molar-refractivity contribution in [3.8, 4) is 0 Å². The van der Waals surface area contributed by atoms with Crippen molar-refractivity contribution in [3.63, 3.8) is 0 Å². The fraction of sp³-hybridized carbons (Fsp3) is 0.667. The van der Waals surface area contributed by atoms with Crippen molar-refractivity contribution in [1.29, 1.82) is 0 Å². The summed E-state index contributed by atoms with van der Waals surface area (Å²) in [5.74, 6) is 1.55. The first kappa shape index (κ1) is 25.9. The molecule has 3 heterocycles. The minimum absolute atomic E-state index is 0.0305. The third-order valence-corrected chi connectivity index (χ3v) is 10.5. The lowest BCUT2D eigenvalue weighted by atomic mass is 9.73. The molecule has 5 rings (SSSR count). The van der Waals surface area contributed by atoms with Crippen LogP contribution in [0.5, 0.6) is 0 Å². The third-order valence-electron chi connectivity index (χ3n) is 9.17. The number of amides is 1. The molecule has 5 nitrogen and oxygen atoms in total. The van der Waals surface area contributed by atoms with E-state index in [0.29, 0.717) is 23.8 Å². The normalized spacial score (nSPS) is 29.5. The monoisotopic (exact) mass is 508 g/mol. The molecule has 4 atom stereocenters. The summed E-state index contributed by atoms with van der Waals surface area (Å²) in [5, 5.41) is 8.18. The smallest absolute Gasteiger partial charge is 0.228 e. The second-order valence-electron chi connectivity index (χ2n) is 11.5. The van der Waals surface area contributed by atoms with Gasteiger partial charge in [0.05, 0.1) is 16.6 Å². The van der Waals surface area contributed by atoms with E-state index in [0.717, 1.165) is 56.3 Å². The Labute approximate surface area is 221 Å². The van der Waals surface area contributed by atoms with Crippen LogP contribution in [0.25, 0.3) is 0 Å². The van der Waals surface area contributed by atoms with Crippen molar-refractivity contribution in [2.24, 2.45) is 11.8 Å². The first-order valence-corrected chi connectivity index (χ1v) is 15.1. The molecule has 36 heavy (non-hydrogen) atoms. The highest BCUT2D eigenvalue weighted by molar-refractivity contribution is 7.11. The maximum Gasteiger partial charge on any atom is 0.228 e. The van der Waals surface area contributed by atoms with Gasteiger partial charge >= 0.3 is 0 Å². The molecule has 2 saturated heterocycles. The predicted molar refractivity (Wildman–Crippen MR) is 148 cm³/mol. The number of hydrogen-bond donors (Lipinski definition) is 2. The number of hydrogen-bond acceptors (Lipinski definition) is 5. The van der Waals surface area contributed by atoms with Crippen LogP contribution in [0.1, 0.15) is 85.9 Å². The van der Waals surface area contributed by atoms with E-state index in [4.69, 9.17) is 4.98 Å². The molecule has 3 aliphatic rings. The molecule has 2 aliphatic heterocycles. The van der Waals surface area contributed by atoms with Gasteiger partial charge in [-0.2, -0.15) is 0 Å². The van der Waals surface area contributed by atoms with Crippen LogP contribution in [-0.2, 0) is 16.8 Å². The Balaban J connectivity index is 1.41. The van der Waals surface area contributed by atoms with E-state index in [1.165, 1.54) is 42.5 Å². The number of carbonyl (C=O) groups is 1. The zero-order valence-electron chi connectivity index (χ0n) is 22.4. The zero-order chi connectivity index (χ0) is 25.1. The summed E-state index contributed by atoms with van der Waals surface area (Å²) in [4.78, 5) is 23.0. The van der Waals surface area contributed by atoms with E-state index >= 15 is 0 Å². The van der Waals surface area contributed by atoms with Crippen LogP contribution in [-0.4, -0.2) is 48.0 Å². The maximum atomic E-state index is 14.5. The van der Waals surface area contributed by atoms with Crippen LogP contribution in [0.4, 0.5) is 0 Å². The van der Waals surface area contributed by atoms with Gasteiger partial charge in [0, 0.05) is 42.5 Å². The van der Waals surface area contributed by atoms with Crippen LogP contribution >= 0.6 is 11.3 Å². The van der Waals surface area contributed by atoms with Crippen LogP contribution in [0, 0.1) is 18.8 Å². The van der Waals surface area contributed by atoms with Crippen LogP contribution in [0.15, 0.2) is 30.3 Å². The molecule has 1 aromatic carbocycles. The topological polar surface area (TPSA) is 57.3 Å². The van der Waals surface area contributed by atoms with Crippen molar-refractivity contribution < 1.29 is 4.79 Å². The van der Waals surface area contributed by atoms with E-state index in [-0.39, 0.29) is 11.3 Å². The van der Waals surface area contributed by atoms with E-state index in [9.17, 15) is 4.79 Å². The zero-order valence-corrected chi connectivity index (χ0v) is 23.2. The average molecular weight is 509 g/mol. The second-order valence-corrected chi connectivity index (χ2v) is 12.7. The van der Waals surface area contributed by atoms with Crippen LogP contribution in [0.3, 0.4) is 0 Å². The molecule has 2 aromatic rings. The van der Waals surface area contributed by atoms with E-state index < -0.39 is 0 Å². The number of benzene rings is 1. The van der Waals surface area contributed by atoms with Gasteiger partial charge in [-0.1, -0.05) is 63.4 Å². The lowest BCUT2D eigenvalue weighted by molar-refractivity contribution is -0.142. The summed E-state index contributed by atoms with van der Waals surface area (Å²) < 4.78 is 0. The number of nitrogens with one attached hydrogen (secondary N) is 2. The number of nitrogens with zero attached hydrogens (tertiary/aromatic N) is 2. The Kier molecular flexibility index (Phi) is 8.14. The van der Waals surface area contributed by atoms with Gasteiger partial charge in [0.1, 0.15) is 0 Å². The van der Waals surface area contributed by atoms with Gasteiger partial charge in [0.2, 0.25) is 5.91 Å². The minimum atomic E-state index is -0.207. The highest BCUT2D eigenvalue weighted by Gasteiger charge is 2.50. The molecule has 6 heteroatoms. The Morgan fingerprint density at radius 1 is 1.19 bits per heavy atom. The van der Waals surface area contributed by atoms with Crippen molar-refractivity contribution in [1.82, 2.24) is 20.5 Å². The number of likely N-dealkylation sites (tertiary alicyclic amines) is 1. The third kappa shape index (κ3) is 5.14. The number of thiazole rings is 1. The average Bonchev–Trinajstić information content (AvgIpc) is 3.50. The fourth-order valence-electron chi connectivity index (χ4n) is 7.17. The molecular weight excluding hydrogens is 464 g/mol. The van der Waals surface area contributed by atoms with Crippen molar-refractivity contribution in [2.45, 2.75) is 89.6 Å². The van der Waals surface area contributed by atoms with Gasteiger partial charge in [-0.05, 0) is 56.6 Å². The summed E-state index contributed by atoms with van der Waals surface area (Å²) in [6.07, 6.45) is 8.71. The standard InChI is InChI=1S/C30H44N4OS/c1-4-31-19-26-28(36-21(2)33-26)30(3)20-32-18-25(30)29(35)34-16-15-24(22-11-7-5-8-12-22)17-27(34)23-13-9-6-10-14-23/h5,7-8,11-12,23-25,27,31-32H,4,6,9-10,13-20H2,1-3H3. The van der Waals surface area contributed by atoms with Gasteiger partial charge in [-0.15, -0.1) is 11.3 Å². The van der Waals surface area contributed by atoms with Gasteiger partial charge in [0.25, 0.3) is 0 Å². The van der Waals surface area contributed by atoms with Crippen molar-refractivity contribution in [3.05, 3.63) is 51.5 Å². The van der Waals surface area contributed by atoms with E-state index in [1.54, 1.807) is 11.3 Å². The molecule has 0 radical (unpaired) electrons. The van der Waals surface area contributed by atoms with Crippen LogP contribution < -0.4 is 10.6 Å². The molecule has 1 aliphatic carbocycles. The molecule has 2 N–H and O–H groups in total. The van der Waals surface area contributed by atoms with Gasteiger partial charge in [-0.3, -0.25) is 4.79 Å². The second kappa shape index (κ2) is 11.3.